The molecule has 2 aromatic carbocycles. The average molecular weight is 361 g/mol. The van der Waals surface area contributed by atoms with Crippen molar-refractivity contribution >= 4 is 11.5 Å². The second-order valence-electron chi connectivity index (χ2n) is 5.87. The van der Waals surface area contributed by atoms with Crippen LogP contribution >= 0.6 is 0 Å². The van der Waals surface area contributed by atoms with Gasteiger partial charge in [0.25, 0.3) is 0 Å². The van der Waals surface area contributed by atoms with E-state index in [2.05, 4.69) is 10.4 Å². The van der Waals surface area contributed by atoms with Crippen LogP contribution in [0.3, 0.4) is 0 Å². The monoisotopic (exact) mass is 361 g/mol. The fourth-order valence-corrected chi connectivity index (χ4v) is 2.78. The molecule has 1 aromatic heterocycles. The summed E-state index contributed by atoms with van der Waals surface area (Å²) in [6.07, 6.45) is -4.53. The van der Waals surface area contributed by atoms with Gasteiger partial charge in [-0.2, -0.15) is 13.2 Å². The lowest BCUT2D eigenvalue weighted by atomic mass is 10.1. The minimum Gasteiger partial charge on any atom is -0.496 e. The van der Waals surface area contributed by atoms with Gasteiger partial charge in [0.2, 0.25) is 0 Å². The predicted molar refractivity (Wildman–Crippen MR) is 94.3 cm³/mol. The number of methoxy groups -OCH3 is 1. The van der Waals surface area contributed by atoms with Gasteiger partial charge in [-0.3, -0.25) is 0 Å². The maximum Gasteiger partial charge on any atom is 0.433 e. The van der Waals surface area contributed by atoms with E-state index in [-0.39, 0.29) is 5.82 Å². The smallest absolute Gasteiger partial charge is 0.433 e. The molecule has 4 nitrogen and oxygen atoms in total. The molecule has 0 aliphatic carbocycles. The third-order valence-electron chi connectivity index (χ3n) is 4.10. The Balaban J connectivity index is 2.07. The first kappa shape index (κ1) is 17.8. The third-order valence-corrected chi connectivity index (χ3v) is 4.10. The highest BCUT2D eigenvalue weighted by molar-refractivity contribution is 5.68. The van der Waals surface area contributed by atoms with Crippen molar-refractivity contribution in [3.63, 3.8) is 0 Å². The summed E-state index contributed by atoms with van der Waals surface area (Å²) in [6, 6.07) is 12.9. The molecule has 3 aromatic rings. The van der Waals surface area contributed by atoms with Crippen LogP contribution in [0.4, 0.5) is 24.7 Å². The Morgan fingerprint density at radius 3 is 2.35 bits per heavy atom. The minimum absolute atomic E-state index is 0.112. The van der Waals surface area contributed by atoms with E-state index in [1.165, 1.54) is 0 Å². The van der Waals surface area contributed by atoms with Crippen LogP contribution in [-0.4, -0.2) is 16.9 Å². The van der Waals surface area contributed by atoms with Crippen molar-refractivity contribution in [3.8, 4) is 11.4 Å². The van der Waals surface area contributed by atoms with E-state index in [9.17, 15) is 13.2 Å². The van der Waals surface area contributed by atoms with Crippen LogP contribution < -0.4 is 10.1 Å². The number of anilines is 2. The number of aryl methyl sites for hydroxylation is 1. The summed E-state index contributed by atoms with van der Waals surface area (Å²) in [5.41, 5.74) is 1.86. The number of ether oxygens (including phenoxy) is 1. The van der Waals surface area contributed by atoms with Crippen molar-refractivity contribution in [2.24, 2.45) is 0 Å². The summed E-state index contributed by atoms with van der Waals surface area (Å²) in [5.74, 6) is 0.761. The maximum absolute atomic E-state index is 13.5. The van der Waals surface area contributed by atoms with Gasteiger partial charge in [0.15, 0.2) is 5.82 Å². The standard InChI is InChI=1S/C19H18F3N3O/c1-12-9-10-15(26-3)13(2)18(12)23-17-11-16(19(20,21)22)25(24-17)14-7-5-4-6-8-14/h4-11H,1-3H3,(H,23,24). The fraction of sp³-hybridized carbons (Fsp3) is 0.211. The van der Waals surface area contributed by atoms with Crippen molar-refractivity contribution < 1.29 is 17.9 Å². The molecule has 0 spiro atoms. The van der Waals surface area contributed by atoms with Crippen molar-refractivity contribution in [2.75, 3.05) is 12.4 Å². The number of aromatic nitrogens is 2. The van der Waals surface area contributed by atoms with Crippen LogP contribution in [0, 0.1) is 13.8 Å². The van der Waals surface area contributed by atoms with E-state index in [0.29, 0.717) is 17.1 Å². The molecule has 7 heteroatoms. The van der Waals surface area contributed by atoms with E-state index in [1.807, 2.05) is 26.0 Å². The van der Waals surface area contributed by atoms with Gasteiger partial charge in [0.05, 0.1) is 12.8 Å². The van der Waals surface area contributed by atoms with Gasteiger partial charge in [-0.15, -0.1) is 5.10 Å². The minimum atomic E-state index is -4.53. The zero-order valence-electron chi connectivity index (χ0n) is 14.6. The third kappa shape index (κ3) is 3.37. The normalized spacial score (nSPS) is 11.5. The summed E-state index contributed by atoms with van der Waals surface area (Å²) < 4.78 is 46.5. The van der Waals surface area contributed by atoms with Crippen molar-refractivity contribution in [2.45, 2.75) is 20.0 Å². The number of hydrogen-bond donors (Lipinski definition) is 1. The Morgan fingerprint density at radius 2 is 1.73 bits per heavy atom. The van der Waals surface area contributed by atoms with Gasteiger partial charge in [-0.25, -0.2) is 4.68 Å². The molecule has 0 radical (unpaired) electrons. The van der Waals surface area contributed by atoms with Crippen LogP contribution in [0.5, 0.6) is 5.75 Å². The molecule has 136 valence electrons. The fourth-order valence-electron chi connectivity index (χ4n) is 2.78. The first-order valence-corrected chi connectivity index (χ1v) is 7.95. The largest absolute Gasteiger partial charge is 0.496 e. The number of rotatable bonds is 4. The molecule has 0 aliphatic heterocycles. The van der Waals surface area contributed by atoms with Gasteiger partial charge < -0.3 is 10.1 Å². The highest BCUT2D eigenvalue weighted by Gasteiger charge is 2.36. The summed E-state index contributed by atoms with van der Waals surface area (Å²) >= 11 is 0. The second-order valence-corrected chi connectivity index (χ2v) is 5.87. The van der Waals surface area contributed by atoms with Gasteiger partial charge in [-0.1, -0.05) is 24.3 Å². The molecule has 0 saturated heterocycles. The Bertz CT molecular complexity index is 918. The SMILES string of the molecule is COc1ccc(C)c(Nc2cc(C(F)(F)F)n(-c3ccccc3)n2)c1C. The lowest BCUT2D eigenvalue weighted by molar-refractivity contribution is -0.142. The van der Waals surface area contributed by atoms with Crippen molar-refractivity contribution in [3.05, 3.63) is 65.4 Å². The Morgan fingerprint density at radius 1 is 1.04 bits per heavy atom. The number of nitrogens with zero attached hydrogens (tertiary/aromatic N) is 2. The zero-order chi connectivity index (χ0) is 18.9. The molecule has 3 rings (SSSR count). The first-order chi connectivity index (χ1) is 12.3. The molecule has 0 unspecified atom stereocenters. The molecule has 0 saturated carbocycles. The van der Waals surface area contributed by atoms with E-state index in [0.717, 1.165) is 21.9 Å². The average Bonchev–Trinajstić information content (AvgIpc) is 3.04. The summed E-state index contributed by atoms with van der Waals surface area (Å²) in [6.45, 7) is 3.71. The van der Waals surface area contributed by atoms with Crippen LogP contribution in [0.1, 0.15) is 16.8 Å². The molecule has 0 bridgehead atoms. The van der Waals surface area contributed by atoms with Gasteiger partial charge in [0.1, 0.15) is 11.4 Å². The highest BCUT2D eigenvalue weighted by atomic mass is 19.4. The summed E-state index contributed by atoms with van der Waals surface area (Å²) in [4.78, 5) is 0. The predicted octanol–water partition coefficient (Wildman–Crippen LogP) is 5.26. The molecule has 0 atom stereocenters. The van der Waals surface area contributed by atoms with E-state index >= 15 is 0 Å². The number of alkyl halides is 3. The lowest BCUT2D eigenvalue weighted by Gasteiger charge is -2.14. The van der Waals surface area contributed by atoms with E-state index < -0.39 is 11.9 Å². The first-order valence-electron chi connectivity index (χ1n) is 7.95. The maximum atomic E-state index is 13.5. The van der Waals surface area contributed by atoms with Crippen LogP contribution in [-0.2, 0) is 6.18 Å². The van der Waals surface area contributed by atoms with Gasteiger partial charge in [0, 0.05) is 17.3 Å². The van der Waals surface area contributed by atoms with Crippen LogP contribution in [0.2, 0.25) is 0 Å². The van der Waals surface area contributed by atoms with Crippen molar-refractivity contribution in [1.29, 1.82) is 0 Å². The topological polar surface area (TPSA) is 39.1 Å². The molecular formula is C19H18F3N3O. The molecule has 1 heterocycles. The molecule has 0 amide bonds. The summed E-state index contributed by atoms with van der Waals surface area (Å²) in [7, 11) is 1.55. The second kappa shape index (κ2) is 6.74. The molecule has 1 N–H and O–H groups in total. The Labute approximate surface area is 149 Å². The quantitative estimate of drug-likeness (QED) is 0.689. The summed E-state index contributed by atoms with van der Waals surface area (Å²) in [5, 5.41) is 7.13. The van der Waals surface area contributed by atoms with Crippen LogP contribution in [0.25, 0.3) is 5.69 Å². The van der Waals surface area contributed by atoms with Gasteiger partial charge >= 0.3 is 6.18 Å². The zero-order valence-corrected chi connectivity index (χ0v) is 14.6. The molecule has 26 heavy (non-hydrogen) atoms. The van der Waals surface area contributed by atoms with E-state index in [1.54, 1.807) is 37.4 Å². The number of nitrogens with one attached hydrogen (secondary N) is 1. The van der Waals surface area contributed by atoms with Gasteiger partial charge in [-0.05, 0) is 37.6 Å². The molecular weight excluding hydrogens is 343 g/mol. The molecule has 0 fully saturated rings. The lowest BCUT2D eigenvalue weighted by Crippen LogP contribution is -2.13. The number of para-hydroxylation sites is 1. The molecule has 0 aliphatic rings. The number of halogens is 3. The number of hydrogen-bond acceptors (Lipinski definition) is 3. The van der Waals surface area contributed by atoms with E-state index in [4.69, 9.17) is 4.74 Å². The number of benzene rings is 2. The Hall–Kier alpha value is -2.96. The highest BCUT2D eigenvalue weighted by Crippen LogP contribution is 2.35. The van der Waals surface area contributed by atoms with Crippen LogP contribution in [0.15, 0.2) is 48.5 Å². The Kier molecular flexibility index (Phi) is 4.63. The van der Waals surface area contributed by atoms with Crippen molar-refractivity contribution in [1.82, 2.24) is 9.78 Å².